The minimum Gasteiger partial charge on any atom is -0.332 e. The van der Waals surface area contributed by atoms with E-state index in [1.165, 1.54) is 5.56 Å². The maximum Gasteiger partial charge on any atom is 0.101 e. The van der Waals surface area contributed by atoms with Crippen molar-refractivity contribution >= 4 is 33.2 Å². The van der Waals surface area contributed by atoms with Crippen molar-refractivity contribution in [2.45, 2.75) is 12.0 Å². The number of anilines is 2. The standard InChI is InChI=1S/C44H28N4/c45-27-32-12-9-21-42-43(32)38-16-3-6-20-41(38)47(42)34-24-22-29(23-25-34)30-10-7-11-31(26-30)35-17-8-13-33(28-46)44(35)48-39-18-4-1-14-36(39)37-15-2-5-19-40(37)48/h1-26,36,39H. The van der Waals surface area contributed by atoms with E-state index in [2.05, 4.69) is 143 Å². The summed E-state index contributed by atoms with van der Waals surface area (Å²) in [6.07, 6.45) is 8.75. The van der Waals surface area contributed by atoms with Crippen LogP contribution in [0.2, 0.25) is 0 Å². The van der Waals surface area contributed by atoms with Crippen molar-refractivity contribution in [3.63, 3.8) is 0 Å². The van der Waals surface area contributed by atoms with Crippen molar-refractivity contribution in [1.29, 1.82) is 10.5 Å². The molecule has 48 heavy (non-hydrogen) atoms. The zero-order chi connectivity index (χ0) is 32.2. The van der Waals surface area contributed by atoms with E-state index in [1.54, 1.807) is 0 Å². The van der Waals surface area contributed by atoms with E-state index in [9.17, 15) is 10.5 Å². The van der Waals surface area contributed by atoms with E-state index in [0.717, 1.165) is 61.1 Å². The van der Waals surface area contributed by atoms with Crippen molar-refractivity contribution in [2.24, 2.45) is 0 Å². The van der Waals surface area contributed by atoms with Gasteiger partial charge in [0.25, 0.3) is 0 Å². The number of hydrogen-bond acceptors (Lipinski definition) is 3. The second kappa shape index (κ2) is 11.0. The topological polar surface area (TPSA) is 55.8 Å². The molecule has 0 saturated carbocycles. The number of allylic oxidation sites excluding steroid dienone is 2. The van der Waals surface area contributed by atoms with Crippen LogP contribution in [0.4, 0.5) is 11.4 Å². The normalized spacial score (nSPS) is 16.1. The molecule has 0 radical (unpaired) electrons. The Morgan fingerprint density at radius 2 is 1.27 bits per heavy atom. The highest BCUT2D eigenvalue weighted by Gasteiger charge is 2.39. The van der Waals surface area contributed by atoms with Crippen LogP contribution in [0.5, 0.6) is 0 Å². The Morgan fingerprint density at radius 1 is 0.562 bits per heavy atom. The molecule has 4 heteroatoms. The first-order valence-electron chi connectivity index (χ1n) is 16.1. The number of fused-ring (bicyclic) bond motifs is 6. The van der Waals surface area contributed by atoms with Crippen LogP contribution in [0.1, 0.15) is 22.6 Å². The van der Waals surface area contributed by atoms with Crippen LogP contribution in [0.15, 0.2) is 158 Å². The minimum absolute atomic E-state index is 0.0986. The highest BCUT2D eigenvalue weighted by Crippen LogP contribution is 2.51. The molecule has 224 valence electrons. The first-order valence-corrected chi connectivity index (χ1v) is 16.1. The van der Waals surface area contributed by atoms with Gasteiger partial charge in [-0.05, 0) is 70.8 Å². The molecule has 1 aliphatic carbocycles. The molecule has 4 nitrogen and oxygen atoms in total. The lowest BCUT2D eigenvalue weighted by Gasteiger charge is -2.31. The van der Waals surface area contributed by atoms with Gasteiger partial charge in [0.2, 0.25) is 0 Å². The highest BCUT2D eigenvalue weighted by molar-refractivity contribution is 6.11. The van der Waals surface area contributed by atoms with E-state index in [-0.39, 0.29) is 12.0 Å². The van der Waals surface area contributed by atoms with E-state index in [0.29, 0.717) is 11.1 Å². The smallest absolute Gasteiger partial charge is 0.101 e. The van der Waals surface area contributed by atoms with Gasteiger partial charge in [-0.1, -0.05) is 109 Å². The van der Waals surface area contributed by atoms with Gasteiger partial charge in [0.05, 0.1) is 40.0 Å². The molecule has 0 amide bonds. The third-order valence-electron chi connectivity index (χ3n) is 9.81. The Hall–Kier alpha value is -6.62. The van der Waals surface area contributed by atoms with Crippen LogP contribution in [-0.4, -0.2) is 10.6 Å². The number of aromatic nitrogens is 1. The average Bonchev–Trinajstić information content (AvgIpc) is 3.68. The second-order valence-electron chi connectivity index (χ2n) is 12.3. The fourth-order valence-electron chi connectivity index (χ4n) is 7.73. The number of hydrogen-bond donors (Lipinski definition) is 0. The molecule has 0 bridgehead atoms. The van der Waals surface area contributed by atoms with Crippen molar-refractivity contribution in [3.05, 3.63) is 174 Å². The highest BCUT2D eigenvalue weighted by atomic mass is 15.2. The molecule has 1 aromatic heterocycles. The number of nitriles is 2. The van der Waals surface area contributed by atoms with Gasteiger partial charge >= 0.3 is 0 Å². The summed E-state index contributed by atoms with van der Waals surface area (Å²) in [6, 6.07) is 51.0. The summed E-state index contributed by atoms with van der Waals surface area (Å²) in [4.78, 5) is 2.36. The summed E-state index contributed by atoms with van der Waals surface area (Å²) >= 11 is 0. The SMILES string of the molecule is N#Cc1cccc(-c2cccc(-c3ccc(-n4c5ccccc5c5c(C#N)cccc54)cc3)c2)c1N1c2ccccc2C2C=CC=CC21. The lowest BCUT2D eigenvalue weighted by molar-refractivity contribution is 0.744. The first-order chi connectivity index (χ1) is 23.7. The summed E-state index contributed by atoms with van der Waals surface area (Å²) in [5.74, 6) is 0.233. The van der Waals surface area contributed by atoms with Crippen LogP contribution >= 0.6 is 0 Å². The molecule has 2 aliphatic rings. The fraction of sp³-hybridized carbons (Fsp3) is 0.0455. The van der Waals surface area contributed by atoms with Gasteiger partial charge in [-0.15, -0.1) is 0 Å². The average molecular weight is 613 g/mol. The van der Waals surface area contributed by atoms with Gasteiger partial charge in [-0.3, -0.25) is 0 Å². The van der Waals surface area contributed by atoms with Crippen molar-refractivity contribution in [1.82, 2.24) is 4.57 Å². The monoisotopic (exact) mass is 612 g/mol. The van der Waals surface area contributed by atoms with Gasteiger partial charge in [0, 0.05) is 33.6 Å². The summed E-state index contributed by atoms with van der Waals surface area (Å²) in [5, 5.41) is 22.3. The lowest BCUT2D eigenvalue weighted by atomic mass is 9.91. The predicted molar refractivity (Wildman–Crippen MR) is 194 cm³/mol. The van der Waals surface area contributed by atoms with Gasteiger partial charge < -0.3 is 9.47 Å². The molecule has 7 aromatic rings. The predicted octanol–water partition coefficient (Wildman–Crippen LogP) is 10.6. The molecular formula is C44H28N4. The minimum atomic E-state index is 0.0986. The van der Waals surface area contributed by atoms with Gasteiger partial charge in [-0.2, -0.15) is 10.5 Å². The Labute approximate surface area is 279 Å². The maximum absolute atomic E-state index is 10.4. The lowest BCUT2D eigenvalue weighted by Crippen LogP contribution is -2.29. The summed E-state index contributed by atoms with van der Waals surface area (Å²) < 4.78 is 2.24. The third kappa shape index (κ3) is 4.14. The van der Waals surface area contributed by atoms with Crippen molar-refractivity contribution in [2.75, 3.05) is 4.90 Å². The molecule has 6 aromatic carbocycles. The van der Waals surface area contributed by atoms with Crippen molar-refractivity contribution < 1.29 is 0 Å². The molecule has 9 rings (SSSR count). The summed E-state index contributed by atoms with van der Waals surface area (Å²) in [6.45, 7) is 0. The Kier molecular flexibility index (Phi) is 6.35. The van der Waals surface area contributed by atoms with E-state index < -0.39 is 0 Å². The molecule has 2 atom stereocenters. The molecule has 0 fully saturated rings. The fourth-order valence-corrected chi connectivity index (χ4v) is 7.73. The Balaban J connectivity index is 1.14. The largest absolute Gasteiger partial charge is 0.332 e. The number of benzene rings is 6. The van der Waals surface area contributed by atoms with Crippen LogP contribution in [0.25, 0.3) is 49.7 Å². The zero-order valence-electron chi connectivity index (χ0n) is 26.0. The first kappa shape index (κ1) is 27.7. The molecule has 0 N–H and O–H groups in total. The van der Waals surface area contributed by atoms with Crippen LogP contribution in [0, 0.1) is 22.7 Å². The Morgan fingerprint density at radius 3 is 2.15 bits per heavy atom. The van der Waals surface area contributed by atoms with Gasteiger partial charge in [-0.25, -0.2) is 0 Å². The van der Waals surface area contributed by atoms with Crippen LogP contribution in [0.3, 0.4) is 0 Å². The Bertz CT molecular complexity index is 2550. The van der Waals surface area contributed by atoms with Crippen LogP contribution < -0.4 is 4.90 Å². The number of nitrogens with zero attached hydrogens (tertiary/aromatic N) is 4. The summed E-state index contributed by atoms with van der Waals surface area (Å²) in [5.41, 5.74) is 12.1. The quantitative estimate of drug-likeness (QED) is 0.199. The number of para-hydroxylation sites is 3. The molecule has 0 spiro atoms. The van der Waals surface area contributed by atoms with E-state index in [4.69, 9.17) is 0 Å². The molecule has 0 saturated heterocycles. The number of rotatable bonds is 4. The van der Waals surface area contributed by atoms with E-state index >= 15 is 0 Å². The van der Waals surface area contributed by atoms with E-state index in [1.807, 2.05) is 36.4 Å². The van der Waals surface area contributed by atoms with Gasteiger partial charge in [0.1, 0.15) is 6.07 Å². The molecule has 1 aliphatic heterocycles. The zero-order valence-corrected chi connectivity index (χ0v) is 26.0. The molecule has 2 heterocycles. The van der Waals surface area contributed by atoms with Crippen molar-refractivity contribution in [3.8, 4) is 40.1 Å². The third-order valence-corrected chi connectivity index (χ3v) is 9.81. The second-order valence-corrected chi connectivity index (χ2v) is 12.3. The summed E-state index contributed by atoms with van der Waals surface area (Å²) in [7, 11) is 0. The molecule has 2 unspecified atom stereocenters. The van der Waals surface area contributed by atoms with Gasteiger partial charge in [0.15, 0.2) is 0 Å². The van der Waals surface area contributed by atoms with Crippen LogP contribution in [-0.2, 0) is 0 Å². The molecular weight excluding hydrogens is 585 g/mol. The maximum atomic E-state index is 10.4.